The number of nitrogens with one attached hydrogen (secondary N) is 4. The summed E-state index contributed by atoms with van der Waals surface area (Å²) < 4.78 is 34.2. The van der Waals surface area contributed by atoms with Crippen LogP contribution in [0.2, 0.25) is 0 Å². The van der Waals surface area contributed by atoms with E-state index in [0.717, 1.165) is 11.1 Å². The van der Waals surface area contributed by atoms with Crippen molar-refractivity contribution in [3.05, 3.63) is 77.9 Å². The number of benzene rings is 3. The van der Waals surface area contributed by atoms with Crippen molar-refractivity contribution in [2.45, 2.75) is 38.2 Å². The molecule has 1 unspecified atom stereocenters. The summed E-state index contributed by atoms with van der Waals surface area (Å²) in [5, 5.41) is 2.73. The molecule has 0 saturated carbocycles. The Bertz CT molecular complexity index is 1440. The number of rotatable bonds is 10. The number of sulfonamides is 1. The Morgan fingerprint density at radius 1 is 0.921 bits per heavy atom. The molecule has 3 rings (SSSR count). The van der Waals surface area contributed by atoms with Crippen molar-refractivity contribution in [2.75, 3.05) is 15.5 Å². The van der Waals surface area contributed by atoms with E-state index in [1.165, 1.54) is 42.5 Å². The number of hydrazine groups is 1. The third-order valence-corrected chi connectivity index (χ3v) is 6.74. The Hall–Kier alpha value is -4.58. The number of nitrogens with two attached hydrogens (primary N) is 1. The van der Waals surface area contributed by atoms with Crippen molar-refractivity contribution < 1.29 is 27.5 Å². The number of amides is 3. The molecule has 3 amide bonds. The summed E-state index contributed by atoms with van der Waals surface area (Å²) in [6.45, 7) is 5.70. The van der Waals surface area contributed by atoms with E-state index < -0.39 is 33.8 Å². The van der Waals surface area contributed by atoms with Crippen LogP contribution in [0.1, 0.15) is 24.5 Å². The number of anilines is 3. The monoisotopic (exact) mass is 539 g/mol. The molecule has 11 nitrogen and oxygen atoms in total. The smallest absolute Gasteiger partial charge is 0.327 e. The van der Waals surface area contributed by atoms with E-state index in [4.69, 9.17) is 10.5 Å². The van der Waals surface area contributed by atoms with Crippen LogP contribution in [0.4, 0.5) is 17.1 Å². The zero-order chi connectivity index (χ0) is 27.9. The van der Waals surface area contributed by atoms with Gasteiger partial charge in [0.15, 0.2) is 6.10 Å². The van der Waals surface area contributed by atoms with Crippen LogP contribution in [-0.2, 0) is 24.4 Å². The molecular weight excluding hydrogens is 510 g/mol. The van der Waals surface area contributed by atoms with Crippen LogP contribution in [0.25, 0.3) is 0 Å². The van der Waals surface area contributed by atoms with Crippen LogP contribution >= 0.6 is 0 Å². The van der Waals surface area contributed by atoms with E-state index >= 15 is 0 Å². The molecule has 1 atom stereocenters. The number of hydrogen-bond acceptors (Lipinski definition) is 7. The average molecular weight is 540 g/mol. The first-order valence-corrected chi connectivity index (χ1v) is 13.1. The molecule has 0 spiro atoms. The quantitative estimate of drug-likeness (QED) is 0.195. The van der Waals surface area contributed by atoms with Crippen LogP contribution in [0.3, 0.4) is 0 Å². The van der Waals surface area contributed by atoms with Crippen LogP contribution < -0.4 is 31.4 Å². The van der Waals surface area contributed by atoms with Gasteiger partial charge in [0.05, 0.1) is 10.6 Å². The van der Waals surface area contributed by atoms with E-state index in [1.54, 1.807) is 6.07 Å². The highest BCUT2D eigenvalue weighted by atomic mass is 32.2. The molecule has 0 aliphatic rings. The topological polar surface area (TPSA) is 169 Å². The Morgan fingerprint density at radius 2 is 1.61 bits per heavy atom. The van der Waals surface area contributed by atoms with Gasteiger partial charge in [-0.2, -0.15) is 0 Å². The van der Waals surface area contributed by atoms with Crippen molar-refractivity contribution >= 4 is 44.8 Å². The third-order valence-electron chi connectivity index (χ3n) is 5.36. The van der Waals surface area contributed by atoms with Crippen molar-refractivity contribution in [1.29, 1.82) is 0 Å². The highest BCUT2D eigenvalue weighted by molar-refractivity contribution is 7.92. The summed E-state index contributed by atoms with van der Waals surface area (Å²) in [4.78, 5) is 34.8. The second-order valence-electron chi connectivity index (χ2n) is 8.43. The lowest BCUT2D eigenvalue weighted by atomic mass is 10.1. The van der Waals surface area contributed by atoms with Gasteiger partial charge < -0.3 is 15.8 Å². The summed E-state index contributed by atoms with van der Waals surface area (Å²) in [6.07, 6.45) is -0.356. The molecule has 3 aromatic rings. The van der Waals surface area contributed by atoms with Crippen LogP contribution in [-0.4, -0.2) is 32.2 Å². The maximum Gasteiger partial charge on any atom is 0.327 e. The second-order valence-corrected chi connectivity index (χ2v) is 10.1. The van der Waals surface area contributed by atoms with Crippen LogP contribution in [0.5, 0.6) is 5.75 Å². The van der Waals surface area contributed by atoms with Gasteiger partial charge in [-0.3, -0.25) is 30.0 Å². The van der Waals surface area contributed by atoms with Gasteiger partial charge in [0.1, 0.15) is 5.75 Å². The predicted octanol–water partition coefficient (Wildman–Crippen LogP) is 2.83. The minimum Gasteiger partial charge on any atom is -0.480 e. The molecular formula is C26H29N5O6S. The summed E-state index contributed by atoms with van der Waals surface area (Å²) in [5.74, 6) is -1.97. The Balaban J connectivity index is 1.66. The number of carbonyl (C=O) groups excluding carboxylic acids is 3. The SMILES string of the molecule is CCC(Oc1ccc(C)cc1C)C(=O)Nc1cccc(S(=O)(=O)Nc2ccc(NNC(=O)C(N)=O)cc2)c1. The lowest BCUT2D eigenvalue weighted by molar-refractivity contribution is -0.136. The summed E-state index contributed by atoms with van der Waals surface area (Å²) in [7, 11) is -3.99. The van der Waals surface area contributed by atoms with E-state index in [0.29, 0.717) is 23.5 Å². The molecule has 0 saturated heterocycles. The standard InChI is InChI=1S/C26H29N5O6S/c1-4-22(37-23-13-8-16(2)14-17(23)3)25(33)28-20-6-5-7-21(15-20)38(35,36)31-19-11-9-18(10-12-19)29-30-26(34)24(27)32/h5-15,22,29,31H,4H2,1-3H3,(H2,27,32)(H,28,33)(H,30,34). The second kappa shape index (κ2) is 12.1. The molecule has 0 aromatic heterocycles. The zero-order valence-corrected chi connectivity index (χ0v) is 21.9. The van der Waals surface area contributed by atoms with Gasteiger partial charge in [-0.05, 0) is 74.4 Å². The summed E-state index contributed by atoms with van der Waals surface area (Å²) in [6, 6.07) is 17.4. The minimum absolute atomic E-state index is 0.0606. The molecule has 0 aliphatic carbocycles. The first-order valence-electron chi connectivity index (χ1n) is 11.6. The largest absolute Gasteiger partial charge is 0.480 e. The van der Waals surface area contributed by atoms with E-state index in [1.807, 2.05) is 39.0 Å². The molecule has 0 bridgehead atoms. The maximum atomic E-state index is 12.9. The molecule has 200 valence electrons. The van der Waals surface area contributed by atoms with Gasteiger partial charge in [-0.25, -0.2) is 8.42 Å². The number of aryl methyl sites for hydroxylation is 2. The predicted molar refractivity (Wildman–Crippen MR) is 144 cm³/mol. The molecule has 3 aromatic carbocycles. The highest BCUT2D eigenvalue weighted by Crippen LogP contribution is 2.23. The third kappa shape index (κ3) is 7.46. The number of primary amides is 1. The van der Waals surface area contributed by atoms with Gasteiger partial charge in [0, 0.05) is 11.4 Å². The summed E-state index contributed by atoms with van der Waals surface area (Å²) >= 11 is 0. The summed E-state index contributed by atoms with van der Waals surface area (Å²) in [5.41, 5.74) is 12.4. The molecule has 38 heavy (non-hydrogen) atoms. The maximum absolute atomic E-state index is 12.9. The number of hydrogen-bond donors (Lipinski definition) is 5. The van der Waals surface area contributed by atoms with Crippen molar-refractivity contribution in [2.24, 2.45) is 5.73 Å². The lowest BCUT2D eigenvalue weighted by Gasteiger charge is -2.19. The number of ether oxygens (including phenoxy) is 1. The van der Waals surface area contributed by atoms with Gasteiger partial charge in [-0.15, -0.1) is 0 Å². The van der Waals surface area contributed by atoms with Crippen molar-refractivity contribution in [3.8, 4) is 5.75 Å². The van der Waals surface area contributed by atoms with Crippen molar-refractivity contribution in [1.82, 2.24) is 5.43 Å². The fourth-order valence-corrected chi connectivity index (χ4v) is 4.50. The minimum atomic E-state index is -3.99. The molecule has 0 heterocycles. The number of carbonyl (C=O) groups is 3. The fraction of sp³-hybridized carbons (Fsp3) is 0.192. The van der Waals surface area contributed by atoms with Crippen LogP contribution in [0, 0.1) is 13.8 Å². The van der Waals surface area contributed by atoms with Crippen LogP contribution in [0.15, 0.2) is 71.6 Å². The first-order chi connectivity index (χ1) is 18.0. The Labute approximate surface area is 220 Å². The Morgan fingerprint density at radius 3 is 2.24 bits per heavy atom. The van der Waals surface area contributed by atoms with Gasteiger partial charge in [0.25, 0.3) is 15.9 Å². The van der Waals surface area contributed by atoms with E-state index in [-0.39, 0.29) is 10.6 Å². The van der Waals surface area contributed by atoms with Gasteiger partial charge >= 0.3 is 11.8 Å². The zero-order valence-electron chi connectivity index (χ0n) is 21.1. The molecule has 0 fully saturated rings. The first kappa shape index (κ1) is 28.0. The Kier molecular flexibility index (Phi) is 8.92. The molecule has 6 N–H and O–H groups in total. The van der Waals surface area contributed by atoms with Crippen molar-refractivity contribution in [3.63, 3.8) is 0 Å². The fourth-order valence-electron chi connectivity index (χ4n) is 3.40. The van der Waals surface area contributed by atoms with Gasteiger partial charge in [-0.1, -0.05) is 30.7 Å². The molecule has 0 aliphatic heterocycles. The molecule has 12 heteroatoms. The normalized spacial score (nSPS) is 11.7. The van der Waals surface area contributed by atoms with Gasteiger partial charge in [0.2, 0.25) is 0 Å². The lowest BCUT2D eigenvalue weighted by Crippen LogP contribution is -2.39. The molecule has 0 radical (unpaired) electrons. The van der Waals surface area contributed by atoms with E-state index in [9.17, 15) is 22.8 Å². The average Bonchev–Trinajstić information content (AvgIpc) is 2.87. The highest BCUT2D eigenvalue weighted by Gasteiger charge is 2.21. The van der Waals surface area contributed by atoms with E-state index in [2.05, 4.69) is 20.9 Å².